The minimum atomic E-state index is -0.669. The smallest absolute Gasteiger partial charge is 0.344 e. The van der Waals surface area contributed by atoms with Crippen molar-refractivity contribution in [1.82, 2.24) is 10.5 Å². The van der Waals surface area contributed by atoms with E-state index in [1.165, 1.54) is 6.92 Å². The van der Waals surface area contributed by atoms with Crippen LogP contribution in [0.25, 0.3) is 0 Å². The third-order valence-corrected chi connectivity index (χ3v) is 2.22. The van der Waals surface area contributed by atoms with Gasteiger partial charge in [-0.1, -0.05) is 12.1 Å². The van der Waals surface area contributed by atoms with Gasteiger partial charge in [0, 0.05) is 13.0 Å². The third kappa shape index (κ3) is 2.36. The lowest BCUT2D eigenvalue weighted by atomic mass is 10.2. The molecule has 0 fully saturated rings. The predicted molar refractivity (Wildman–Crippen MR) is 55.1 cm³/mol. The van der Waals surface area contributed by atoms with Crippen molar-refractivity contribution in [2.24, 2.45) is 0 Å². The molecule has 88 valence electrons. The summed E-state index contributed by atoms with van der Waals surface area (Å²) >= 11 is 0. The lowest BCUT2D eigenvalue weighted by Crippen LogP contribution is -2.32. The molecule has 0 aliphatic carbocycles. The number of nitro groups is 1. The number of hydrogen-bond donors (Lipinski definition) is 1. The van der Waals surface area contributed by atoms with Crippen LogP contribution < -0.4 is 5.32 Å². The van der Waals surface area contributed by atoms with Crippen molar-refractivity contribution >= 4 is 11.6 Å². The molecule has 0 aliphatic heterocycles. The van der Waals surface area contributed by atoms with Crippen LogP contribution in [0.3, 0.4) is 0 Å². The average molecular weight is 227 g/mol. The number of rotatable bonds is 4. The number of hydrogen-bond acceptors (Lipinski definition) is 5. The van der Waals surface area contributed by atoms with Crippen LogP contribution >= 0.6 is 0 Å². The van der Waals surface area contributed by atoms with E-state index in [0.717, 1.165) is 6.42 Å². The van der Waals surface area contributed by atoms with E-state index in [0.29, 0.717) is 0 Å². The van der Waals surface area contributed by atoms with E-state index in [1.54, 1.807) is 6.92 Å². The van der Waals surface area contributed by atoms with Crippen molar-refractivity contribution < 1.29 is 14.2 Å². The van der Waals surface area contributed by atoms with E-state index in [1.807, 2.05) is 6.92 Å². The Hall–Kier alpha value is -1.92. The summed E-state index contributed by atoms with van der Waals surface area (Å²) in [4.78, 5) is 21.6. The summed E-state index contributed by atoms with van der Waals surface area (Å²) in [6.45, 7) is 5.09. The monoisotopic (exact) mass is 227 g/mol. The number of nitrogens with one attached hydrogen (secondary N) is 1. The van der Waals surface area contributed by atoms with Gasteiger partial charge in [0.2, 0.25) is 11.5 Å². The summed E-state index contributed by atoms with van der Waals surface area (Å²) in [5.74, 6) is -0.558. The number of aromatic nitrogens is 1. The molecule has 1 aromatic rings. The molecule has 1 rings (SSSR count). The highest BCUT2D eigenvalue weighted by atomic mass is 16.6. The number of amides is 1. The van der Waals surface area contributed by atoms with Gasteiger partial charge < -0.3 is 9.84 Å². The maximum Gasteiger partial charge on any atom is 0.344 e. The van der Waals surface area contributed by atoms with E-state index < -0.39 is 10.8 Å². The molecule has 1 N–H and O–H groups in total. The fourth-order valence-corrected chi connectivity index (χ4v) is 1.13. The Bertz CT molecular complexity index is 413. The van der Waals surface area contributed by atoms with Gasteiger partial charge in [0.05, 0.1) is 4.92 Å². The van der Waals surface area contributed by atoms with Crippen LogP contribution in [-0.4, -0.2) is 22.0 Å². The number of nitrogens with zero attached hydrogens (tertiary/aromatic N) is 2. The quantitative estimate of drug-likeness (QED) is 0.619. The zero-order valence-electron chi connectivity index (χ0n) is 9.31. The second-order valence-corrected chi connectivity index (χ2v) is 3.48. The molecule has 0 unspecified atom stereocenters. The lowest BCUT2D eigenvalue weighted by Gasteiger charge is -2.08. The Labute approximate surface area is 92.0 Å². The van der Waals surface area contributed by atoms with Gasteiger partial charge in [0.1, 0.15) is 0 Å². The second kappa shape index (κ2) is 4.73. The summed E-state index contributed by atoms with van der Waals surface area (Å²) in [6, 6.07) is -0.0656. The second-order valence-electron chi connectivity index (χ2n) is 3.48. The molecule has 1 atom stereocenters. The van der Waals surface area contributed by atoms with Crippen LogP contribution in [0.15, 0.2) is 4.52 Å². The summed E-state index contributed by atoms with van der Waals surface area (Å²) < 4.78 is 4.64. The van der Waals surface area contributed by atoms with E-state index >= 15 is 0 Å². The Kier molecular flexibility index (Phi) is 3.60. The molecule has 0 saturated heterocycles. The summed E-state index contributed by atoms with van der Waals surface area (Å²) in [7, 11) is 0. The minimum absolute atomic E-state index is 0.0271. The minimum Gasteiger partial charge on any atom is -0.353 e. The van der Waals surface area contributed by atoms with Crippen molar-refractivity contribution in [2.75, 3.05) is 0 Å². The molecule has 0 aromatic carbocycles. The molecule has 7 heteroatoms. The zero-order chi connectivity index (χ0) is 12.3. The molecule has 0 spiro atoms. The Morgan fingerprint density at radius 1 is 1.69 bits per heavy atom. The van der Waals surface area contributed by atoms with Gasteiger partial charge in [-0.25, -0.2) is 0 Å². The summed E-state index contributed by atoms with van der Waals surface area (Å²) in [5.41, 5.74) is -0.649. The maximum atomic E-state index is 11.6. The van der Waals surface area contributed by atoms with Crippen molar-refractivity contribution in [3.63, 3.8) is 0 Å². The molecule has 1 amide bonds. The normalized spacial score (nSPS) is 12.2. The van der Waals surface area contributed by atoms with Crippen molar-refractivity contribution in [2.45, 2.75) is 33.2 Å². The Balaban J connectivity index is 2.96. The topological polar surface area (TPSA) is 98.3 Å². The Morgan fingerprint density at radius 2 is 2.31 bits per heavy atom. The van der Waals surface area contributed by atoms with E-state index in [9.17, 15) is 14.9 Å². The summed E-state index contributed by atoms with van der Waals surface area (Å²) in [6.07, 6.45) is 0.733. The molecule has 1 aromatic heterocycles. The summed E-state index contributed by atoms with van der Waals surface area (Å²) in [5, 5.41) is 16.7. The Morgan fingerprint density at radius 3 is 2.81 bits per heavy atom. The van der Waals surface area contributed by atoms with Crippen LogP contribution in [0, 0.1) is 17.0 Å². The molecular formula is C9H13N3O4. The first-order valence-corrected chi connectivity index (χ1v) is 4.88. The van der Waals surface area contributed by atoms with E-state index in [4.69, 9.17) is 0 Å². The number of carbonyl (C=O) groups is 1. The molecule has 0 bridgehead atoms. The average Bonchev–Trinajstić information content (AvgIpc) is 2.59. The van der Waals surface area contributed by atoms with Gasteiger partial charge in [-0.2, -0.15) is 0 Å². The molecule has 7 nitrogen and oxygen atoms in total. The van der Waals surface area contributed by atoms with Crippen molar-refractivity contribution in [1.29, 1.82) is 0 Å². The van der Waals surface area contributed by atoms with Crippen LogP contribution in [0.2, 0.25) is 0 Å². The van der Waals surface area contributed by atoms with Crippen LogP contribution in [-0.2, 0) is 0 Å². The van der Waals surface area contributed by atoms with Gasteiger partial charge in [0.25, 0.3) is 5.91 Å². The lowest BCUT2D eigenvalue weighted by molar-refractivity contribution is -0.386. The molecule has 0 radical (unpaired) electrons. The molecule has 1 heterocycles. The first-order valence-electron chi connectivity index (χ1n) is 4.88. The molecule has 0 aliphatic rings. The van der Waals surface area contributed by atoms with Crippen molar-refractivity contribution in [3.8, 4) is 0 Å². The molecular weight excluding hydrogens is 214 g/mol. The van der Waals surface area contributed by atoms with Gasteiger partial charge in [-0.15, -0.1) is 0 Å². The van der Waals surface area contributed by atoms with Gasteiger partial charge in [0.15, 0.2) is 0 Å². The highest BCUT2D eigenvalue weighted by Crippen LogP contribution is 2.22. The highest BCUT2D eigenvalue weighted by Gasteiger charge is 2.29. The highest BCUT2D eigenvalue weighted by molar-refractivity contribution is 5.96. The standard InChI is InChI=1S/C9H13N3O4/c1-4-5(2)10-9(13)7-8(12(14)15)6(3)16-11-7/h5H,4H2,1-3H3,(H,10,13)/t5-/m0/s1. The maximum absolute atomic E-state index is 11.6. The zero-order valence-corrected chi connectivity index (χ0v) is 9.31. The van der Waals surface area contributed by atoms with Gasteiger partial charge >= 0.3 is 5.69 Å². The first kappa shape index (κ1) is 12.2. The number of aryl methyl sites for hydroxylation is 1. The molecule has 0 saturated carbocycles. The fourth-order valence-electron chi connectivity index (χ4n) is 1.13. The van der Waals surface area contributed by atoms with Crippen LogP contribution in [0.4, 0.5) is 5.69 Å². The fraction of sp³-hybridized carbons (Fsp3) is 0.556. The third-order valence-electron chi connectivity index (χ3n) is 2.22. The van der Waals surface area contributed by atoms with Gasteiger partial charge in [-0.05, 0) is 13.3 Å². The predicted octanol–water partition coefficient (Wildman–Crippen LogP) is 1.42. The van der Waals surface area contributed by atoms with E-state index in [-0.39, 0.29) is 23.2 Å². The largest absolute Gasteiger partial charge is 0.353 e. The van der Waals surface area contributed by atoms with E-state index in [2.05, 4.69) is 15.0 Å². The van der Waals surface area contributed by atoms with Crippen molar-refractivity contribution in [3.05, 3.63) is 21.6 Å². The van der Waals surface area contributed by atoms with Gasteiger partial charge in [-0.3, -0.25) is 14.9 Å². The number of carbonyl (C=O) groups excluding carboxylic acids is 1. The first-order chi connectivity index (χ1) is 7.47. The SMILES string of the molecule is CC[C@H](C)NC(=O)c1noc(C)c1[N+](=O)[O-]. The van der Waals surface area contributed by atoms with Crippen LogP contribution in [0.5, 0.6) is 0 Å². The molecule has 16 heavy (non-hydrogen) atoms. The van der Waals surface area contributed by atoms with Crippen LogP contribution in [0.1, 0.15) is 36.5 Å².